The van der Waals surface area contributed by atoms with Crippen molar-refractivity contribution in [2.24, 2.45) is 0 Å². The first kappa shape index (κ1) is 18.9. The van der Waals surface area contributed by atoms with Crippen LogP contribution in [0.4, 0.5) is 0 Å². The highest BCUT2D eigenvalue weighted by Gasteiger charge is 2.19. The molecule has 0 amide bonds. The number of ether oxygens (including phenoxy) is 1. The number of para-hydroxylation sites is 1. The van der Waals surface area contributed by atoms with E-state index in [2.05, 4.69) is 4.98 Å². The lowest BCUT2D eigenvalue weighted by atomic mass is 10.0. The summed E-state index contributed by atoms with van der Waals surface area (Å²) in [6.45, 7) is 2.49. The molecule has 0 radical (unpaired) electrons. The van der Waals surface area contributed by atoms with Crippen LogP contribution in [0.5, 0.6) is 17.2 Å². The first-order valence-corrected chi connectivity index (χ1v) is 9.06. The zero-order valence-electron chi connectivity index (χ0n) is 15.9. The number of aromatic hydroxyl groups is 1. The average molecular weight is 364 g/mol. The minimum Gasteiger partial charge on any atom is -0.505 e. The molecule has 0 atom stereocenters. The Bertz CT molecular complexity index is 953. The summed E-state index contributed by atoms with van der Waals surface area (Å²) >= 11 is 0. The van der Waals surface area contributed by atoms with E-state index < -0.39 is 0 Å². The molecule has 0 spiro atoms. The summed E-state index contributed by atoms with van der Waals surface area (Å²) in [5.74, 6) is 1.19. The number of aromatic nitrogens is 1. The molecule has 5 heteroatoms. The molecule has 1 heterocycles. The maximum Gasteiger partial charge on any atom is 0.185 e. The highest BCUT2D eigenvalue weighted by Crippen LogP contribution is 2.34. The molecule has 0 saturated carbocycles. The molecule has 0 bridgehead atoms. The van der Waals surface area contributed by atoms with Gasteiger partial charge in [-0.05, 0) is 50.8 Å². The van der Waals surface area contributed by atoms with Crippen LogP contribution in [0.1, 0.15) is 35.9 Å². The third-order valence-corrected chi connectivity index (χ3v) is 4.21. The molecule has 140 valence electrons. The molecule has 1 N–H and O–H groups in total. The van der Waals surface area contributed by atoms with Gasteiger partial charge >= 0.3 is 0 Å². The average Bonchev–Trinajstić information content (AvgIpc) is 2.64. The molecule has 0 saturated heterocycles. The van der Waals surface area contributed by atoms with Crippen LogP contribution in [0, 0.1) is 0 Å². The van der Waals surface area contributed by atoms with Crippen molar-refractivity contribution in [1.29, 1.82) is 0 Å². The van der Waals surface area contributed by atoms with Crippen LogP contribution in [0.2, 0.25) is 0 Å². The number of benzene rings is 2. The summed E-state index contributed by atoms with van der Waals surface area (Å²) in [6, 6.07) is 15.0. The Morgan fingerprint density at radius 1 is 1.07 bits per heavy atom. The van der Waals surface area contributed by atoms with Crippen LogP contribution in [0.15, 0.2) is 48.5 Å². The van der Waals surface area contributed by atoms with Crippen LogP contribution in [0.3, 0.4) is 0 Å². The molecule has 2 aromatic carbocycles. The first-order chi connectivity index (χ1) is 13.0. The van der Waals surface area contributed by atoms with Crippen LogP contribution in [-0.4, -0.2) is 34.9 Å². The third kappa shape index (κ3) is 4.26. The maximum absolute atomic E-state index is 12.4. The number of hydrogen-bond acceptors (Lipinski definition) is 5. The Labute approximate surface area is 159 Å². The monoisotopic (exact) mass is 364 g/mol. The summed E-state index contributed by atoms with van der Waals surface area (Å²) < 4.78 is 5.91. The van der Waals surface area contributed by atoms with Crippen molar-refractivity contribution in [3.8, 4) is 17.2 Å². The van der Waals surface area contributed by atoms with Gasteiger partial charge in [-0.15, -0.1) is 0 Å². The number of pyridine rings is 1. The standard InChI is InChI=1S/C22H24N2O3/c1-4-8-20(25)21-22(26)17-12-11-16(27-15-9-6-5-7-10-15)13-18(17)19(23-21)14-24(2)3/h5-7,9-13,26H,4,8,14H2,1-3H3. The molecular formula is C22H24N2O3. The Kier molecular flexibility index (Phi) is 5.72. The smallest absolute Gasteiger partial charge is 0.185 e. The second kappa shape index (κ2) is 8.18. The minimum absolute atomic E-state index is 0.0581. The number of carbonyl (C=O) groups excluding carboxylic acids is 1. The number of nitrogens with zero attached hydrogens (tertiary/aromatic N) is 2. The van der Waals surface area contributed by atoms with Crippen molar-refractivity contribution in [3.05, 3.63) is 59.9 Å². The molecule has 5 nitrogen and oxygen atoms in total. The number of Topliss-reactive ketones (excluding diaryl/α,β-unsaturated/α-hetero) is 1. The van der Waals surface area contributed by atoms with Gasteiger partial charge < -0.3 is 14.7 Å². The normalized spacial score (nSPS) is 11.1. The highest BCUT2D eigenvalue weighted by atomic mass is 16.5. The molecule has 0 unspecified atom stereocenters. The zero-order chi connectivity index (χ0) is 19.4. The molecule has 0 aliphatic carbocycles. The van der Waals surface area contributed by atoms with Gasteiger partial charge in [0.25, 0.3) is 0 Å². The van der Waals surface area contributed by atoms with Crippen molar-refractivity contribution in [1.82, 2.24) is 9.88 Å². The SMILES string of the molecule is CCCC(=O)c1nc(CN(C)C)c2cc(Oc3ccccc3)ccc2c1O. The minimum atomic E-state index is -0.137. The molecule has 0 fully saturated rings. The molecule has 0 aliphatic rings. The van der Waals surface area contributed by atoms with Crippen molar-refractivity contribution in [2.45, 2.75) is 26.3 Å². The summed E-state index contributed by atoms with van der Waals surface area (Å²) in [5, 5.41) is 12.0. The van der Waals surface area contributed by atoms with Crippen LogP contribution in [0.25, 0.3) is 10.8 Å². The summed E-state index contributed by atoms with van der Waals surface area (Å²) in [6.07, 6.45) is 1.08. The lowest BCUT2D eigenvalue weighted by molar-refractivity contribution is 0.0974. The van der Waals surface area contributed by atoms with Crippen molar-refractivity contribution >= 4 is 16.6 Å². The van der Waals surface area contributed by atoms with Gasteiger partial charge in [-0.1, -0.05) is 25.1 Å². The molecular weight excluding hydrogens is 340 g/mol. The van der Waals surface area contributed by atoms with E-state index in [9.17, 15) is 9.90 Å². The van der Waals surface area contributed by atoms with Crippen LogP contribution >= 0.6 is 0 Å². The number of hydrogen-bond donors (Lipinski definition) is 1. The fraction of sp³-hybridized carbons (Fsp3) is 0.273. The number of ketones is 1. The van der Waals surface area contributed by atoms with Crippen LogP contribution in [-0.2, 0) is 6.54 Å². The van der Waals surface area contributed by atoms with Gasteiger partial charge in [0, 0.05) is 23.7 Å². The van der Waals surface area contributed by atoms with E-state index in [4.69, 9.17) is 4.74 Å². The Hall–Kier alpha value is -2.92. The molecule has 3 aromatic rings. The number of carbonyl (C=O) groups is 1. The maximum atomic E-state index is 12.4. The van der Waals surface area contributed by atoms with E-state index in [0.29, 0.717) is 30.5 Å². The Morgan fingerprint density at radius 2 is 1.81 bits per heavy atom. The van der Waals surface area contributed by atoms with Gasteiger partial charge in [0.15, 0.2) is 11.5 Å². The lowest BCUT2D eigenvalue weighted by Crippen LogP contribution is -2.14. The van der Waals surface area contributed by atoms with Crippen molar-refractivity contribution in [3.63, 3.8) is 0 Å². The van der Waals surface area contributed by atoms with Gasteiger partial charge in [0.05, 0.1) is 5.69 Å². The van der Waals surface area contributed by atoms with Gasteiger partial charge in [0.1, 0.15) is 17.2 Å². The predicted octanol–water partition coefficient (Wildman–Crippen LogP) is 4.78. The van der Waals surface area contributed by atoms with E-state index in [1.807, 2.05) is 62.3 Å². The predicted molar refractivity (Wildman–Crippen MR) is 107 cm³/mol. The van der Waals surface area contributed by atoms with Gasteiger partial charge in [-0.25, -0.2) is 4.98 Å². The lowest BCUT2D eigenvalue weighted by Gasteiger charge is -2.16. The number of fused-ring (bicyclic) bond motifs is 1. The van der Waals surface area contributed by atoms with E-state index in [1.165, 1.54) is 0 Å². The van der Waals surface area contributed by atoms with Gasteiger partial charge in [0.2, 0.25) is 0 Å². The fourth-order valence-electron chi connectivity index (χ4n) is 2.99. The molecule has 27 heavy (non-hydrogen) atoms. The third-order valence-electron chi connectivity index (χ3n) is 4.21. The quantitative estimate of drug-likeness (QED) is 0.612. The fourth-order valence-corrected chi connectivity index (χ4v) is 2.99. The highest BCUT2D eigenvalue weighted by molar-refractivity contribution is 6.03. The molecule has 3 rings (SSSR count). The Morgan fingerprint density at radius 3 is 2.48 bits per heavy atom. The topological polar surface area (TPSA) is 62.7 Å². The van der Waals surface area contributed by atoms with Crippen molar-refractivity contribution in [2.75, 3.05) is 14.1 Å². The van der Waals surface area contributed by atoms with Gasteiger partial charge in [-0.2, -0.15) is 0 Å². The number of rotatable bonds is 7. The second-order valence-corrected chi connectivity index (χ2v) is 6.79. The van der Waals surface area contributed by atoms with E-state index in [0.717, 1.165) is 16.8 Å². The van der Waals surface area contributed by atoms with E-state index in [1.54, 1.807) is 12.1 Å². The van der Waals surface area contributed by atoms with E-state index in [-0.39, 0.29) is 17.2 Å². The largest absolute Gasteiger partial charge is 0.505 e. The molecule has 0 aliphatic heterocycles. The van der Waals surface area contributed by atoms with Crippen molar-refractivity contribution < 1.29 is 14.6 Å². The summed E-state index contributed by atoms with van der Waals surface area (Å²) in [7, 11) is 3.89. The molecule has 1 aromatic heterocycles. The zero-order valence-corrected chi connectivity index (χ0v) is 15.9. The summed E-state index contributed by atoms with van der Waals surface area (Å²) in [4.78, 5) is 18.9. The second-order valence-electron chi connectivity index (χ2n) is 6.79. The first-order valence-electron chi connectivity index (χ1n) is 9.06. The van der Waals surface area contributed by atoms with Crippen LogP contribution < -0.4 is 4.74 Å². The summed E-state index contributed by atoms with van der Waals surface area (Å²) in [5.41, 5.74) is 0.892. The van der Waals surface area contributed by atoms with E-state index >= 15 is 0 Å². The Balaban J connectivity index is 2.10. The van der Waals surface area contributed by atoms with Gasteiger partial charge in [-0.3, -0.25) is 4.79 Å².